The van der Waals surface area contributed by atoms with Gasteiger partial charge in [-0.05, 0) is 36.1 Å². The number of nitro benzene ring substituents is 1. The number of benzene rings is 2. The van der Waals surface area contributed by atoms with Gasteiger partial charge in [-0.15, -0.1) is 11.3 Å². The fraction of sp³-hybridized carbons (Fsp3) is 0.176. The summed E-state index contributed by atoms with van der Waals surface area (Å²) >= 11 is 3.25. The van der Waals surface area contributed by atoms with Gasteiger partial charge < -0.3 is 4.90 Å². The van der Waals surface area contributed by atoms with E-state index < -0.39 is 0 Å². The van der Waals surface area contributed by atoms with Crippen LogP contribution >= 0.6 is 23.1 Å². The lowest BCUT2D eigenvalue weighted by Crippen LogP contribution is -2.11. The van der Waals surface area contributed by atoms with Crippen LogP contribution in [-0.2, 0) is 0 Å². The second-order valence-electron chi connectivity index (χ2n) is 5.49. The van der Waals surface area contributed by atoms with Crippen LogP contribution < -0.4 is 4.90 Å². The number of nitro groups is 1. The number of hydrogen-bond donors (Lipinski definition) is 0. The zero-order chi connectivity index (χ0) is 18.0. The van der Waals surface area contributed by atoms with Crippen molar-refractivity contribution in [2.45, 2.75) is 4.34 Å². The predicted octanol–water partition coefficient (Wildman–Crippen LogP) is 4.74. The van der Waals surface area contributed by atoms with Crippen molar-refractivity contribution >= 4 is 56.6 Å². The molecule has 1 heterocycles. The quantitative estimate of drug-likeness (QED) is 0.280. The van der Waals surface area contributed by atoms with E-state index in [4.69, 9.17) is 0 Å². The first-order valence-corrected chi connectivity index (χ1v) is 9.46. The SMILES string of the molecule is CSc1nc2ccc(N=Cc3ccc(N(C)C)c([N+](=O)[O-])c3)cc2s1. The Morgan fingerprint density at radius 3 is 2.76 bits per heavy atom. The normalized spacial score (nSPS) is 11.3. The number of aromatic nitrogens is 1. The number of anilines is 1. The highest BCUT2D eigenvalue weighted by molar-refractivity contribution is 8.00. The van der Waals surface area contributed by atoms with Gasteiger partial charge in [0.15, 0.2) is 4.34 Å². The van der Waals surface area contributed by atoms with Crippen LogP contribution in [0.4, 0.5) is 17.1 Å². The third kappa shape index (κ3) is 3.80. The number of aliphatic imine (C=N–C) groups is 1. The second-order valence-corrected chi connectivity index (χ2v) is 7.58. The minimum absolute atomic E-state index is 0.0662. The van der Waals surface area contributed by atoms with Gasteiger partial charge in [-0.2, -0.15) is 0 Å². The molecule has 0 saturated heterocycles. The Hall–Kier alpha value is -2.45. The third-order valence-electron chi connectivity index (χ3n) is 3.57. The Kier molecular flexibility index (Phi) is 5.00. The molecule has 0 aliphatic rings. The maximum atomic E-state index is 11.3. The minimum atomic E-state index is -0.375. The Labute approximate surface area is 153 Å². The maximum Gasteiger partial charge on any atom is 0.293 e. The highest BCUT2D eigenvalue weighted by Gasteiger charge is 2.15. The molecule has 8 heteroatoms. The largest absolute Gasteiger partial charge is 0.372 e. The molecule has 0 atom stereocenters. The summed E-state index contributed by atoms with van der Waals surface area (Å²) in [5, 5.41) is 11.3. The molecule has 0 N–H and O–H groups in total. The van der Waals surface area contributed by atoms with Crippen LogP contribution in [0.25, 0.3) is 10.2 Å². The lowest BCUT2D eigenvalue weighted by atomic mass is 10.1. The molecule has 128 valence electrons. The maximum absolute atomic E-state index is 11.3. The molecule has 0 amide bonds. The van der Waals surface area contributed by atoms with Crippen molar-refractivity contribution < 1.29 is 4.92 Å². The number of hydrogen-bond acceptors (Lipinski definition) is 7. The molecule has 0 bridgehead atoms. The van der Waals surface area contributed by atoms with Gasteiger partial charge >= 0.3 is 0 Å². The van der Waals surface area contributed by atoms with E-state index in [-0.39, 0.29) is 10.6 Å². The Balaban J connectivity index is 1.91. The molecular weight excluding hydrogens is 356 g/mol. The lowest BCUT2D eigenvalue weighted by Gasteiger charge is -2.12. The third-order valence-corrected chi connectivity index (χ3v) is 5.57. The van der Waals surface area contributed by atoms with Crippen LogP contribution in [0, 0.1) is 10.1 Å². The number of thioether (sulfide) groups is 1. The first kappa shape index (κ1) is 17.4. The lowest BCUT2D eigenvalue weighted by molar-refractivity contribution is -0.384. The van der Waals surface area contributed by atoms with Crippen molar-refractivity contribution in [3.8, 4) is 0 Å². The molecule has 1 aromatic heterocycles. The summed E-state index contributed by atoms with van der Waals surface area (Å²) in [6.07, 6.45) is 3.64. The zero-order valence-electron chi connectivity index (χ0n) is 14.0. The number of fused-ring (bicyclic) bond motifs is 1. The van der Waals surface area contributed by atoms with E-state index in [0.717, 1.165) is 20.2 Å². The molecule has 0 aliphatic heterocycles. The standard InChI is InChI=1S/C17H16N4O2S2/c1-20(2)14-7-4-11(8-15(14)21(22)23)10-18-12-5-6-13-16(9-12)25-17(19-13)24-3/h4-10H,1-3H3. The molecule has 6 nitrogen and oxygen atoms in total. The second kappa shape index (κ2) is 7.20. The van der Waals surface area contributed by atoms with E-state index in [1.807, 2.05) is 30.5 Å². The molecule has 25 heavy (non-hydrogen) atoms. The first-order chi connectivity index (χ1) is 12.0. The molecule has 0 aliphatic carbocycles. The Morgan fingerprint density at radius 1 is 1.28 bits per heavy atom. The van der Waals surface area contributed by atoms with Crippen molar-refractivity contribution in [2.75, 3.05) is 25.3 Å². The molecule has 0 fully saturated rings. The Morgan fingerprint density at radius 2 is 2.08 bits per heavy atom. The van der Waals surface area contributed by atoms with Crippen LogP contribution in [0.15, 0.2) is 45.7 Å². The fourth-order valence-corrected chi connectivity index (χ4v) is 3.88. The van der Waals surface area contributed by atoms with Gasteiger partial charge in [0.1, 0.15) is 5.69 Å². The van der Waals surface area contributed by atoms with Crippen LogP contribution in [0.3, 0.4) is 0 Å². The summed E-state index contributed by atoms with van der Waals surface area (Å²) in [5.41, 5.74) is 3.07. The van der Waals surface area contributed by atoms with Crippen molar-refractivity contribution in [1.29, 1.82) is 0 Å². The van der Waals surface area contributed by atoms with Gasteiger partial charge in [-0.1, -0.05) is 17.8 Å². The summed E-state index contributed by atoms with van der Waals surface area (Å²) in [5.74, 6) is 0. The molecule has 3 aromatic rings. The summed E-state index contributed by atoms with van der Waals surface area (Å²) in [7, 11) is 3.56. The summed E-state index contributed by atoms with van der Waals surface area (Å²) in [6, 6.07) is 10.9. The van der Waals surface area contributed by atoms with E-state index in [1.165, 1.54) is 6.07 Å². The van der Waals surface area contributed by atoms with Crippen molar-refractivity contribution in [1.82, 2.24) is 4.98 Å². The van der Waals surface area contributed by atoms with Crippen molar-refractivity contribution in [2.24, 2.45) is 4.99 Å². The van der Waals surface area contributed by atoms with Gasteiger partial charge in [0.2, 0.25) is 0 Å². The molecule has 3 rings (SSSR count). The van der Waals surface area contributed by atoms with Gasteiger partial charge in [0.05, 0.1) is 20.8 Å². The van der Waals surface area contributed by atoms with Crippen LogP contribution in [0.5, 0.6) is 0 Å². The van der Waals surface area contributed by atoms with Gasteiger partial charge in [-0.3, -0.25) is 15.1 Å². The van der Waals surface area contributed by atoms with E-state index in [1.54, 1.807) is 54.4 Å². The van der Waals surface area contributed by atoms with Crippen LogP contribution in [0.1, 0.15) is 5.56 Å². The molecule has 0 saturated carbocycles. The highest BCUT2D eigenvalue weighted by Crippen LogP contribution is 2.31. The van der Waals surface area contributed by atoms with E-state index in [2.05, 4.69) is 9.98 Å². The summed E-state index contributed by atoms with van der Waals surface area (Å²) < 4.78 is 2.10. The fourth-order valence-electron chi connectivity index (χ4n) is 2.35. The summed E-state index contributed by atoms with van der Waals surface area (Å²) in [6.45, 7) is 0. The van der Waals surface area contributed by atoms with Crippen LogP contribution in [-0.4, -0.2) is 36.5 Å². The Bertz CT molecular complexity index is 966. The van der Waals surface area contributed by atoms with Gasteiger partial charge in [0, 0.05) is 26.4 Å². The molecular formula is C17H16N4O2S2. The number of nitrogens with zero attached hydrogens (tertiary/aromatic N) is 4. The minimum Gasteiger partial charge on any atom is -0.372 e. The van der Waals surface area contributed by atoms with E-state index in [9.17, 15) is 10.1 Å². The zero-order valence-corrected chi connectivity index (χ0v) is 15.6. The molecule has 0 unspecified atom stereocenters. The monoisotopic (exact) mass is 372 g/mol. The molecule has 0 radical (unpaired) electrons. The first-order valence-electron chi connectivity index (χ1n) is 7.42. The summed E-state index contributed by atoms with van der Waals surface area (Å²) in [4.78, 5) is 21.5. The van der Waals surface area contributed by atoms with E-state index in [0.29, 0.717) is 11.3 Å². The van der Waals surface area contributed by atoms with Gasteiger partial charge in [0.25, 0.3) is 5.69 Å². The smallest absolute Gasteiger partial charge is 0.293 e. The van der Waals surface area contributed by atoms with Crippen molar-refractivity contribution in [3.63, 3.8) is 0 Å². The van der Waals surface area contributed by atoms with Crippen molar-refractivity contribution in [3.05, 3.63) is 52.1 Å². The van der Waals surface area contributed by atoms with Crippen LogP contribution in [0.2, 0.25) is 0 Å². The molecule has 0 spiro atoms. The van der Waals surface area contributed by atoms with Gasteiger partial charge in [-0.25, -0.2) is 4.98 Å². The average Bonchev–Trinajstić information content (AvgIpc) is 3.01. The number of rotatable bonds is 5. The van der Waals surface area contributed by atoms with E-state index >= 15 is 0 Å². The highest BCUT2D eigenvalue weighted by atomic mass is 32.2. The predicted molar refractivity (Wildman–Crippen MR) is 106 cm³/mol. The molecule has 2 aromatic carbocycles. The topological polar surface area (TPSA) is 71.6 Å². The number of thiazole rings is 1. The average molecular weight is 372 g/mol.